The molecule has 4 aromatic rings. The zero-order valence-corrected chi connectivity index (χ0v) is 16.8. The van der Waals surface area contributed by atoms with Gasteiger partial charge < -0.3 is 9.88 Å². The second kappa shape index (κ2) is 7.35. The Balaban J connectivity index is 1.63. The van der Waals surface area contributed by atoms with Gasteiger partial charge in [-0.2, -0.15) is 4.68 Å². The molecule has 4 rings (SSSR count). The van der Waals surface area contributed by atoms with E-state index in [9.17, 15) is 4.79 Å². The maximum absolute atomic E-state index is 13.0. The van der Waals surface area contributed by atoms with E-state index < -0.39 is 0 Å². The van der Waals surface area contributed by atoms with E-state index in [4.69, 9.17) is 0 Å². The van der Waals surface area contributed by atoms with Gasteiger partial charge in [0.05, 0.1) is 11.3 Å². The van der Waals surface area contributed by atoms with Crippen molar-refractivity contribution in [1.29, 1.82) is 0 Å². The van der Waals surface area contributed by atoms with Crippen molar-refractivity contribution in [2.24, 2.45) is 0 Å². The SMILES string of the molecule is Cc1cccc(-n2c(C)cc(C(=O)Nc3cccc(-n4nnnc4C)c3)c2C)c1. The highest BCUT2D eigenvalue weighted by Gasteiger charge is 2.17. The summed E-state index contributed by atoms with van der Waals surface area (Å²) in [6.07, 6.45) is 0. The van der Waals surface area contributed by atoms with Gasteiger partial charge in [0.15, 0.2) is 5.82 Å². The van der Waals surface area contributed by atoms with Crippen LogP contribution < -0.4 is 5.32 Å². The fourth-order valence-electron chi connectivity index (χ4n) is 3.54. The Morgan fingerprint density at radius 2 is 1.69 bits per heavy atom. The predicted molar refractivity (Wildman–Crippen MR) is 112 cm³/mol. The molecule has 1 amide bonds. The molecule has 7 nitrogen and oxygen atoms in total. The van der Waals surface area contributed by atoms with Crippen LogP contribution in [0.5, 0.6) is 0 Å². The number of amides is 1. The standard InChI is InChI=1S/C22H22N6O/c1-14-7-5-9-19(11-14)27-15(2)12-21(16(27)3)22(29)23-18-8-6-10-20(13-18)28-17(4)24-25-26-28/h5-13H,1-4H3,(H,23,29). The molecule has 0 aliphatic heterocycles. The van der Waals surface area contributed by atoms with E-state index in [2.05, 4.69) is 44.5 Å². The van der Waals surface area contributed by atoms with Crippen LogP contribution in [0.1, 0.15) is 33.1 Å². The lowest BCUT2D eigenvalue weighted by Crippen LogP contribution is -2.13. The van der Waals surface area contributed by atoms with Crippen LogP contribution in [0.25, 0.3) is 11.4 Å². The third kappa shape index (κ3) is 3.54. The van der Waals surface area contributed by atoms with Gasteiger partial charge in [0.25, 0.3) is 5.91 Å². The molecule has 0 bridgehead atoms. The number of aromatic nitrogens is 5. The highest BCUT2D eigenvalue weighted by Crippen LogP contribution is 2.23. The van der Waals surface area contributed by atoms with Crippen LogP contribution in [0.2, 0.25) is 0 Å². The Bertz CT molecular complexity index is 1200. The van der Waals surface area contributed by atoms with E-state index in [1.54, 1.807) is 4.68 Å². The summed E-state index contributed by atoms with van der Waals surface area (Å²) in [6.45, 7) is 7.86. The molecule has 0 saturated heterocycles. The molecule has 0 spiro atoms. The molecule has 0 saturated carbocycles. The second-order valence-electron chi connectivity index (χ2n) is 7.10. The van der Waals surface area contributed by atoms with Crippen LogP contribution in [-0.2, 0) is 0 Å². The van der Waals surface area contributed by atoms with E-state index >= 15 is 0 Å². The molecule has 146 valence electrons. The Kier molecular flexibility index (Phi) is 4.72. The van der Waals surface area contributed by atoms with Gasteiger partial charge in [0.1, 0.15) is 0 Å². The van der Waals surface area contributed by atoms with E-state index in [-0.39, 0.29) is 5.91 Å². The predicted octanol–water partition coefficient (Wildman–Crippen LogP) is 3.94. The van der Waals surface area contributed by atoms with E-state index in [0.29, 0.717) is 17.1 Å². The topological polar surface area (TPSA) is 77.6 Å². The molecule has 2 aromatic heterocycles. The number of nitrogens with one attached hydrogen (secondary N) is 1. The average molecular weight is 386 g/mol. The molecule has 7 heteroatoms. The Hall–Kier alpha value is -3.74. The third-order valence-corrected chi connectivity index (χ3v) is 4.91. The molecule has 2 aromatic carbocycles. The van der Waals surface area contributed by atoms with E-state index in [1.807, 2.05) is 63.2 Å². The number of anilines is 1. The molecule has 2 heterocycles. The van der Waals surface area contributed by atoms with Crippen LogP contribution in [0, 0.1) is 27.7 Å². The quantitative estimate of drug-likeness (QED) is 0.576. The summed E-state index contributed by atoms with van der Waals surface area (Å²) in [5.74, 6) is 0.526. The zero-order valence-electron chi connectivity index (χ0n) is 16.8. The van der Waals surface area contributed by atoms with Crippen LogP contribution >= 0.6 is 0 Å². The molecular formula is C22H22N6O. The first-order chi connectivity index (χ1) is 13.9. The van der Waals surface area contributed by atoms with Gasteiger partial charge in [0.2, 0.25) is 0 Å². The lowest BCUT2D eigenvalue weighted by molar-refractivity contribution is 0.102. The average Bonchev–Trinajstić information content (AvgIpc) is 3.24. The van der Waals surface area contributed by atoms with Crippen LogP contribution in [-0.4, -0.2) is 30.7 Å². The number of benzene rings is 2. The van der Waals surface area contributed by atoms with Gasteiger partial charge in [-0.25, -0.2) is 0 Å². The molecule has 29 heavy (non-hydrogen) atoms. The highest BCUT2D eigenvalue weighted by molar-refractivity contribution is 6.05. The summed E-state index contributed by atoms with van der Waals surface area (Å²) in [7, 11) is 0. The van der Waals surface area contributed by atoms with Gasteiger partial charge >= 0.3 is 0 Å². The summed E-state index contributed by atoms with van der Waals surface area (Å²) in [5, 5.41) is 14.5. The van der Waals surface area contributed by atoms with Gasteiger partial charge in [0, 0.05) is 22.8 Å². The lowest BCUT2D eigenvalue weighted by atomic mass is 10.2. The van der Waals surface area contributed by atoms with Crippen LogP contribution in [0.4, 0.5) is 5.69 Å². The molecule has 1 N–H and O–H groups in total. The summed E-state index contributed by atoms with van der Waals surface area (Å²) in [4.78, 5) is 13.0. The lowest BCUT2D eigenvalue weighted by Gasteiger charge is -2.11. The Morgan fingerprint density at radius 3 is 2.41 bits per heavy atom. The molecule has 0 unspecified atom stereocenters. The molecule has 0 aliphatic carbocycles. The normalized spacial score (nSPS) is 10.9. The van der Waals surface area contributed by atoms with Crippen molar-refractivity contribution in [2.75, 3.05) is 5.32 Å². The van der Waals surface area contributed by atoms with Crippen molar-refractivity contribution < 1.29 is 4.79 Å². The number of rotatable bonds is 4. The molecule has 0 atom stereocenters. The number of hydrogen-bond acceptors (Lipinski definition) is 4. The molecule has 0 radical (unpaired) electrons. The summed E-state index contributed by atoms with van der Waals surface area (Å²) < 4.78 is 3.72. The van der Waals surface area contributed by atoms with Crippen molar-refractivity contribution in [3.63, 3.8) is 0 Å². The minimum Gasteiger partial charge on any atom is -0.322 e. The van der Waals surface area contributed by atoms with Crippen molar-refractivity contribution in [1.82, 2.24) is 24.8 Å². The van der Waals surface area contributed by atoms with Gasteiger partial charge in [-0.15, -0.1) is 5.10 Å². The number of nitrogens with zero attached hydrogens (tertiary/aromatic N) is 5. The fraction of sp³-hybridized carbons (Fsp3) is 0.182. The number of hydrogen-bond donors (Lipinski definition) is 1. The van der Waals surface area contributed by atoms with Gasteiger partial charge in [-0.3, -0.25) is 4.79 Å². The van der Waals surface area contributed by atoms with Crippen LogP contribution in [0.3, 0.4) is 0 Å². The van der Waals surface area contributed by atoms with Crippen molar-refractivity contribution in [3.05, 3.63) is 82.9 Å². The minimum atomic E-state index is -0.150. The summed E-state index contributed by atoms with van der Waals surface area (Å²) >= 11 is 0. The van der Waals surface area contributed by atoms with Gasteiger partial charge in [-0.1, -0.05) is 18.2 Å². The summed E-state index contributed by atoms with van der Waals surface area (Å²) in [5.41, 5.74) is 6.26. The first-order valence-electron chi connectivity index (χ1n) is 9.37. The van der Waals surface area contributed by atoms with Crippen LogP contribution in [0.15, 0.2) is 54.6 Å². The highest BCUT2D eigenvalue weighted by atomic mass is 16.1. The zero-order chi connectivity index (χ0) is 20.5. The van der Waals surface area contributed by atoms with Crippen molar-refractivity contribution in [3.8, 4) is 11.4 Å². The maximum Gasteiger partial charge on any atom is 0.257 e. The second-order valence-corrected chi connectivity index (χ2v) is 7.10. The Morgan fingerprint density at radius 1 is 0.931 bits per heavy atom. The maximum atomic E-state index is 13.0. The fourth-order valence-corrected chi connectivity index (χ4v) is 3.54. The van der Waals surface area contributed by atoms with Crippen molar-refractivity contribution in [2.45, 2.75) is 27.7 Å². The largest absolute Gasteiger partial charge is 0.322 e. The Labute approximate surface area is 169 Å². The smallest absolute Gasteiger partial charge is 0.257 e. The number of aryl methyl sites for hydroxylation is 3. The molecule has 0 fully saturated rings. The number of carbonyl (C=O) groups is 1. The molecule has 0 aliphatic rings. The minimum absolute atomic E-state index is 0.150. The van der Waals surface area contributed by atoms with E-state index in [1.165, 1.54) is 5.56 Å². The monoisotopic (exact) mass is 386 g/mol. The number of carbonyl (C=O) groups excluding carboxylic acids is 1. The van der Waals surface area contributed by atoms with E-state index in [0.717, 1.165) is 22.8 Å². The molecular weight excluding hydrogens is 364 g/mol. The first-order valence-corrected chi connectivity index (χ1v) is 9.37. The third-order valence-electron chi connectivity index (χ3n) is 4.91. The number of tetrazole rings is 1. The van der Waals surface area contributed by atoms with Crippen molar-refractivity contribution >= 4 is 11.6 Å². The first kappa shape index (κ1) is 18.6. The van der Waals surface area contributed by atoms with Gasteiger partial charge in [-0.05, 0) is 80.1 Å². The summed E-state index contributed by atoms with van der Waals surface area (Å²) in [6, 6.07) is 17.6.